The van der Waals surface area contributed by atoms with Crippen molar-refractivity contribution in [2.45, 2.75) is 6.92 Å². The lowest BCUT2D eigenvalue weighted by Crippen LogP contribution is -1.93. The van der Waals surface area contributed by atoms with Gasteiger partial charge in [-0.25, -0.2) is 4.79 Å². The minimum absolute atomic E-state index is 0.0260. The molecule has 0 aliphatic rings. The number of nitrogens with zero attached hydrogens (tertiary/aromatic N) is 1. The topological polar surface area (TPSA) is 63.3 Å². The van der Waals surface area contributed by atoms with E-state index in [4.69, 9.17) is 16.7 Å². The van der Waals surface area contributed by atoms with Gasteiger partial charge in [0, 0.05) is 5.56 Å². The number of benzene rings is 1. The summed E-state index contributed by atoms with van der Waals surface area (Å²) in [7, 11) is 0. The number of carbonyl (C=O) groups is 1. The fourth-order valence-electron chi connectivity index (χ4n) is 1.38. The second kappa shape index (κ2) is 3.98. The van der Waals surface area contributed by atoms with E-state index in [-0.39, 0.29) is 10.8 Å². The van der Waals surface area contributed by atoms with Crippen LogP contribution in [0, 0.1) is 6.92 Å². The summed E-state index contributed by atoms with van der Waals surface area (Å²) < 4.78 is 4.67. The number of halogens is 1. The zero-order valence-electron chi connectivity index (χ0n) is 8.40. The minimum atomic E-state index is -1.23. The second-order valence-electron chi connectivity index (χ2n) is 3.35. The molecule has 1 aromatic carbocycles. The fraction of sp³-hybridized carbons (Fsp3) is 0.0909. The smallest absolute Gasteiger partial charge is 0.376 e. The Morgan fingerprint density at radius 1 is 1.50 bits per heavy atom. The van der Waals surface area contributed by atoms with Crippen molar-refractivity contribution in [2.24, 2.45) is 0 Å². The molecule has 5 heteroatoms. The van der Waals surface area contributed by atoms with Crippen molar-refractivity contribution < 1.29 is 14.4 Å². The van der Waals surface area contributed by atoms with E-state index in [2.05, 4.69) is 9.68 Å². The number of aryl methyl sites for hydroxylation is 1. The molecule has 0 radical (unpaired) electrons. The SMILES string of the molecule is Cc1cccc(-c2noc(C(=O)O)c2Cl)c1. The first-order valence-corrected chi connectivity index (χ1v) is 4.93. The molecular formula is C11H8ClNO3. The minimum Gasteiger partial charge on any atom is -0.475 e. The molecule has 1 aromatic heterocycles. The maximum Gasteiger partial charge on any atom is 0.376 e. The molecule has 0 saturated carbocycles. The molecule has 1 heterocycles. The summed E-state index contributed by atoms with van der Waals surface area (Å²) in [5.74, 6) is -1.56. The molecule has 0 saturated heterocycles. The van der Waals surface area contributed by atoms with Gasteiger partial charge in [0.05, 0.1) is 0 Å². The van der Waals surface area contributed by atoms with Crippen LogP contribution in [-0.2, 0) is 0 Å². The van der Waals surface area contributed by atoms with E-state index in [1.54, 1.807) is 6.07 Å². The number of rotatable bonds is 2. The maximum absolute atomic E-state index is 10.7. The summed E-state index contributed by atoms with van der Waals surface area (Å²) >= 11 is 5.87. The second-order valence-corrected chi connectivity index (χ2v) is 3.73. The van der Waals surface area contributed by atoms with Crippen molar-refractivity contribution in [3.63, 3.8) is 0 Å². The Balaban J connectivity index is 2.53. The molecule has 4 nitrogen and oxygen atoms in total. The van der Waals surface area contributed by atoms with Crippen LogP contribution in [0.25, 0.3) is 11.3 Å². The lowest BCUT2D eigenvalue weighted by molar-refractivity contribution is 0.0652. The van der Waals surface area contributed by atoms with Gasteiger partial charge in [0.1, 0.15) is 10.7 Å². The lowest BCUT2D eigenvalue weighted by Gasteiger charge is -1.97. The average molecular weight is 238 g/mol. The van der Waals surface area contributed by atoms with Crippen molar-refractivity contribution in [1.82, 2.24) is 5.16 Å². The molecule has 16 heavy (non-hydrogen) atoms. The van der Waals surface area contributed by atoms with E-state index in [1.807, 2.05) is 25.1 Å². The first-order chi connectivity index (χ1) is 7.59. The number of hydrogen-bond donors (Lipinski definition) is 1. The van der Waals surface area contributed by atoms with Crippen LogP contribution in [0.1, 0.15) is 16.1 Å². The normalized spacial score (nSPS) is 10.4. The Morgan fingerprint density at radius 2 is 2.25 bits per heavy atom. The van der Waals surface area contributed by atoms with Crippen LogP contribution in [0.5, 0.6) is 0 Å². The molecule has 2 aromatic rings. The van der Waals surface area contributed by atoms with Crippen LogP contribution in [0.15, 0.2) is 28.8 Å². The summed E-state index contributed by atoms with van der Waals surface area (Å²) in [5, 5.41) is 12.4. The largest absolute Gasteiger partial charge is 0.475 e. The molecule has 0 unspecified atom stereocenters. The predicted octanol–water partition coefficient (Wildman–Crippen LogP) is 3.00. The molecule has 0 spiro atoms. The first kappa shape index (κ1) is 10.7. The van der Waals surface area contributed by atoms with Gasteiger partial charge < -0.3 is 9.63 Å². The van der Waals surface area contributed by atoms with Crippen LogP contribution in [0.3, 0.4) is 0 Å². The fourth-order valence-corrected chi connectivity index (χ4v) is 1.64. The Hall–Kier alpha value is -1.81. The Labute approximate surface area is 96.4 Å². The van der Waals surface area contributed by atoms with Crippen LogP contribution in [0.2, 0.25) is 5.02 Å². The average Bonchev–Trinajstić information content (AvgIpc) is 2.60. The van der Waals surface area contributed by atoms with Gasteiger partial charge in [-0.2, -0.15) is 0 Å². The summed E-state index contributed by atoms with van der Waals surface area (Å²) in [6.45, 7) is 1.93. The Bertz CT molecular complexity index is 548. The number of carboxylic acids is 1. The van der Waals surface area contributed by atoms with Crippen LogP contribution >= 0.6 is 11.6 Å². The molecule has 2 rings (SSSR count). The third-order valence-corrected chi connectivity index (χ3v) is 2.47. The predicted molar refractivity (Wildman–Crippen MR) is 58.6 cm³/mol. The number of hydrogen-bond acceptors (Lipinski definition) is 3. The Morgan fingerprint density at radius 3 is 2.81 bits per heavy atom. The number of aromatic carboxylic acids is 1. The van der Waals surface area contributed by atoms with Crippen molar-refractivity contribution >= 4 is 17.6 Å². The van der Waals surface area contributed by atoms with Crippen molar-refractivity contribution in [3.05, 3.63) is 40.6 Å². The van der Waals surface area contributed by atoms with Crippen molar-refractivity contribution in [3.8, 4) is 11.3 Å². The summed E-state index contributed by atoms with van der Waals surface area (Å²) in [6.07, 6.45) is 0. The monoisotopic (exact) mass is 237 g/mol. The highest BCUT2D eigenvalue weighted by molar-refractivity contribution is 6.35. The number of carboxylic acid groups (broad SMARTS) is 1. The molecule has 0 aliphatic carbocycles. The van der Waals surface area contributed by atoms with Gasteiger partial charge in [-0.3, -0.25) is 0 Å². The summed E-state index contributed by atoms with van der Waals surface area (Å²) in [4.78, 5) is 10.7. The quantitative estimate of drug-likeness (QED) is 0.872. The van der Waals surface area contributed by atoms with Gasteiger partial charge in [0.15, 0.2) is 0 Å². The molecule has 1 N–H and O–H groups in total. The molecule has 0 amide bonds. The molecule has 0 aliphatic heterocycles. The van der Waals surface area contributed by atoms with Gasteiger partial charge in [-0.15, -0.1) is 0 Å². The zero-order valence-corrected chi connectivity index (χ0v) is 9.15. The van der Waals surface area contributed by atoms with E-state index in [0.717, 1.165) is 11.1 Å². The summed E-state index contributed by atoms with van der Waals surface area (Å²) in [6, 6.07) is 7.42. The van der Waals surface area contributed by atoms with Crippen LogP contribution < -0.4 is 0 Å². The van der Waals surface area contributed by atoms with Crippen LogP contribution in [-0.4, -0.2) is 16.2 Å². The standard InChI is InChI=1S/C11H8ClNO3/c1-6-3-2-4-7(5-6)9-8(12)10(11(14)15)16-13-9/h2-5H,1H3,(H,14,15). The van der Waals surface area contributed by atoms with E-state index in [0.29, 0.717) is 5.69 Å². The van der Waals surface area contributed by atoms with E-state index in [9.17, 15) is 4.79 Å². The van der Waals surface area contributed by atoms with Gasteiger partial charge in [-0.05, 0) is 13.0 Å². The third kappa shape index (κ3) is 1.79. The number of aromatic nitrogens is 1. The van der Waals surface area contributed by atoms with E-state index in [1.165, 1.54) is 0 Å². The highest BCUT2D eigenvalue weighted by Gasteiger charge is 2.20. The molecule has 0 fully saturated rings. The summed E-state index contributed by atoms with van der Waals surface area (Å²) in [5.41, 5.74) is 2.12. The van der Waals surface area contributed by atoms with E-state index < -0.39 is 5.97 Å². The van der Waals surface area contributed by atoms with E-state index >= 15 is 0 Å². The van der Waals surface area contributed by atoms with Gasteiger partial charge >= 0.3 is 5.97 Å². The molecule has 0 bridgehead atoms. The Kier molecular flexibility index (Phi) is 2.66. The first-order valence-electron chi connectivity index (χ1n) is 4.55. The van der Waals surface area contributed by atoms with Crippen LogP contribution in [0.4, 0.5) is 0 Å². The van der Waals surface area contributed by atoms with Gasteiger partial charge in [0.25, 0.3) is 5.76 Å². The third-order valence-electron chi connectivity index (χ3n) is 2.12. The van der Waals surface area contributed by atoms with Gasteiger partial charge in [0.2, 0.25) is 0 Å². The maximum atomic E-state index is 10.7. The van der Waals surface area contributed by atoms with Crippen molar-refractivity contribution in [2.75, 3.05) is 0 Å². The highest BCUT2D eigenvalue weighted by atomic mass is 35.5. The van der Waals surface area contributed by atoms with Crippen molar-refractivity contribution in [1.29, 1.82) is 0 Å². The highest BCUT2D eigenvalue weighted by Crippen LogP contribution is 2.30. The molecule has 82 valence electrons. The molecular weight excluding hydrogens is 230 g/mol. The molecule has 0 atom stereocenters. The van der Waals surface area contributed by atoms with Gasteiger partial charge in [-0.1, -0.05) is 40.5 Å². The zero-order chi connectivity index (χ0) is 11.7. The lowest BCUT2D eigenvalue weighted by atomic mass is 10.1.